The quantitative estimate of drug-likeness (QED) is 0.654. The van der Waals surface area contributed by atoms with Crippen molar-refractivity contribution in [2.24, 2.45) is 0 Å². The van der Waals surface area contributed by atoms with Gasteiger partial charge >= 0.3 is 0 Å². The lowest BCUT2D eigenvalue weighted by Gasteiger charge is -2.20. The third-order valence-corrected chi connectivity index (χ3v) is 4.37. The molecule has 130 valence electrons. The molecular formula is C20H19ClFNO2. The van der Waals surface area contributed by atoms with E-state index in [-0.39, 0.29) is 11.1 Å². The zero-order valence-electron chi connectivity index (χ0n) is 13.7. The normalized spacial score (nSPS) is 13.6. The van der Waals surface area contributed by atoms with Gasteiger partial charge in [-0.15, -0.1) is 0 Å². The maximum absolute atomic E-state index is 13.2. The SMILES string of the molecule is C[C@H](NCc1ccc(-c2ccc(F)c(Cl)c2)o1)[C@H](O)c1ccccc1. The molecule has 1 heterocycles. The van der Waals surface area contributed by atoms with Gasteiger partial charge in [0.1, 0.15) is 17.3 Å². The topological polar surface area (TPSA) is 45.4 Å². The van der Waals surface area contributed by atoms with Crippen LogP contribution >= 0.6 is 11.6 Å². The van der Waals surface area contributed by atoms with Crippen molar-refractivity contribution in [1.82, 2.24) is 5.32 Å². The van der Waals surface area contributed by atoms with Gasteiger partial charge < -0.3 is 14.8 Å². The zero-order valence-corrected chi connectivity index (χ0v) is 14.5. The van der Waals surface area contributed by atoms with Gasteiger partial charge in [-0.1, -0.05) is 41.9 Å². The second-order valence-electron chi connectivity index (χ2n) is 5.92. The van der Waals surface area contributed by atoms with Crippen LogP contribution in [-0.2, 0) is 6.54 Å². The lowest BCUT2D eigenvalue weighted by atomic mass is 10.0. The van der Waals surface area contributed by atoms with E-state index in [0.717, 1.165) is 16.9 Å². The number of halogens is 2. The summed E-state index contributed by atoms with van der Waals surface area (Å²) >= 11 is 5.81. The molecule has 0 saturated heterocycles. The Hall–Kier alpha value is -2.14. The van der Waals surface area contributed by atoms with E-state index in [2.05, 4.69) is 5.32 Å². The molecule has 25 heavy (non-hydrogen) atoms. The lowest BCUT2D eigenvalue weighted by molar-refractivity contribution is 0.134. The van der Waals surface area contributed by atoms with Crippen molar-refractivity contribution in [3.05, 3.63) is 82.8 Å². The minimum Gasteiger partial charge on any atom is -0.460 e. The summed E-state index contributed by atoms with van der Waals surface area (Å²) in [4.78, 5) is 0. The highest BCUT2D eigenvalue weighted by molar-refractivity contribution is 6.31. The summed E-state index contributed by atoms with van der Waals surface area (Å²) < 4.78 is 19.0. The molecule has 3 rings (SSSR count). The van der Waals surface area contributed by atoms with E-state index in [9.17, 15) is 9.50 Å². The van der Waals surface area contributed by atoms with Crippen molar-refractivity contribution in [2.45, 2.75) is 25.6 Å². The Kier molecular flexibility index (Phi) is 5.53. The molecule has 3 aromatic rings. The molecule has 0 unspecified atom stereocenters. The Morgan fingerprint density at radius 1 is 1.12 bits per heavy atom. The first-order valence-corrected chi connectivity index (χ1v) is 8.43. The smallest absolute Gasteiger partial charge is 0.141 e. The van der Waals surface area contributed by atoms with Gasteiger partial charge in [0.05, 0.1) is 17.7 Å². The van der Waals surface area contributed by atoms with Crippen molar-refractivity contribution < 1.29 is 13.9 Å². The highest BCUT2D eigenvalue weighted by Crippen LogP contribution is 2.26. The van der Waals surface area contributed by atoms with Gasteiger partial charge in [0.25, 0.3) is 0 Å². The number of rotatable bonds is 6. The highest BCUT2D eigenvalue weighted by atomic mass is 35.5. The van der Waals surface area contributed by atoms with Gasteiger partial charge in [-0.2, -0.15) is 0 Å². The van der Waals surface area contributed by atoms with Crippen LogP contribution in [0.2, 0.25) is 5.02 Å². The van der Waals surface area contributed by atoms with Crippen LogP contribution in [0.15, 0.2) is 65.1 Å². The summed E-state index contributed by atoms with van der Waals surface area (Å²) in [6.07, 6.45) is -0.605. The van der Waals surface area contributed by atoms with Crippen LogP contribution in [0.5, 0.6) is 0 Å². The number of hydrogen-bond acceptors (Lipinski definition) is 3. The maximum Gasteiger partial charge on any atom is 0.141 e. The first-order valence-electron chi connectivity index (χ1n) is 8.05. The molecule has 2 aromatic carbocycles. The molecule has 0 aliphatic heterocycles. The Balaban J connectivity index is 1.62. The van der Waals surface area contributed by atoms with E-state index in [1.165, 1.54) is 12.1 Å². The summed E-state index contributed by atoms with van der Waals surface area (Å²) in [6.45, 7) is 2.39. The Morgan fingerprint density at radius 3 is 2.60 bits per heavy atom. The van der Waals surface area contributed by atoms with Crippen molar-refractivity contribution in [3.63, 3.8) is 0 Å². The molecule has 0 aliphatic carbocycles. The van der Waals surface area contributed by atoms with E-state index >= 15 is 0 Å². The molecule has 3 nitrogen and oxygen atoms in total. The maximum atomic E-state index is 13.2. The number of aliphatic hydroxyl groups excluding tert-OH is 1. The number of aliphatic hydroxyl groups is 1. The Bertz CT molecular complexity index is 835. The van der Waals surface area contributed by atoms with Crippen molar-refractivity contribution in [3.8, 4) is 11.3 Å². The minimum atomic E-state index is -0.605. The monoisotopic (exact) mass is 359 g/mol. The molecule has 0 radical (unpaired) electrons. The fourth-order valence-electron chi connectivity index (χ4n) is 2.59. The third kappa shape index (κ3) is 4.28. The largest absolute Gasteiger partial charge is 0.460 e. The molecule has 0 fully saturated rings. The van der Waals surface area contributed by atoms with Gasteiger partial charge in [0, 0.05) is 11.6 Å². The fraction of sp³-hybridized carbons (Fsp3) is 0.200. The highest BCUT2D eigenvalue weighted by Gasteiger charge is 2.16. The van der Waals surface area contributed by atoms with Crippen LogP contribution in [0.1, 0.15) is 24.4 Å². The van der Waals surface area contributed by atoms with Gasteiger partial charge in [-0.3, -0.25) is 0 Å². The lowest BCUT2D eigenvalue weighted by Crippen LogP contribution is -2.31. The Morgan fingerprint density at radius 2 is 1.88 bits per heavy atom. The first-order chi connectivity index (χ1) is 12.0. The first kappa shape index (κ1) is 17.7. The number of nitrogens with one attached hydrogen (secondary N) is 1. The van der Waals surface area contributed by atoms with Crippen molar-refractivity contribution in [2.75, 3.05) is 0 Å². The van der Waals surface area contributed by atoms with E-state index in [0.29, 0.717) is 12.3 Å². The molecule has 0 aliphatic rings. The van der Waals surface area contributed by atoms with Crippen LogP contribution in [0.4, 0.5) is 4.39 Å². The summed E-state index contributed by atoms with van der Waals surface area (Å²) in [5, 5.41) is 13.7. The van der Waals surface area contributed by atoms with Gasteiger partial charge in [-0.05, 0) is 42.8 Å². The van der Waals surface area contributed by atoms with Crippen LogP contribution in [-0.4, -0.2) is 11.1 Å². The summed E-state index contributed by atoms with van der Waals surface area (Å²) in [6, 6.07) is 17.5. The van der Waals surface area contributed by atoms with E-state index in [4.69, 9.17) is 16.0 Å². The molecule has 0 bridgehead atoms. The molecule has 2 N–H and O–H groups in total. The molecule has 0 amide bonds. The number of furan rings is 1. The molecule has 1 aromatic heterocycles. The summed E-state index contributed by atoms with van der Waals surface area (Å²) in [7, 11) is 0. The van der Waals surface area contributed by atoms with Crippen LogP contribution < -0.4 is 5.32 Å². The van der Waals surface area contributed by atoms with Gasteiger partial charge in [-0.25, -0.2) is 4.39 Å². The average molecular weight is 360 g/mol. The summed E-state index contributed by atoms with van der Waals surface area (Å²) in [5.74, 6) is 0.889. The Labute approximate surface area is 151 Å². The van der Waals surface area contributed by atoms with Gasteiger partial charge in [0.2, 0.25) is 0 Å². The molecule has 0 spiro atoms. The average Bonchev–Trinajstić information content (AvgIpc) is 3.11. The molecule has 0 saturated carbocycles. The molecular weight excluding hydrogens is 341 g/mol. The second-order valence-corrected chi connectivity index (χ2v) is 6.33. The standard InChI is InChI=1S/C20H19ClFNO2/c1-13(20(24)14-5-3-2-4-6-14)23-12-16-8-10-19(25-16)15-7-9-18(22)17(21)11-15/h2-11,13,20,23-24H,12H2,1H3/t13-,20-/m0/s1. The van der Waals surface area contributed by atoms with Crippen LogP contribution in [0, 0.1) is 5.82 Å². The van der Waals surface area contributed by atoms with E-state index in [1.54, 1.807) is 6.07 Å². The minimum absolute atomic E-state index is 0.0631. The molecule has 2 atom stereocenters. The summed E-state index contributed by atoms with van der Waals surface area (Å²) in [5.41, 5.74) is 1.58. The number of hydrogen-bond donors (Lipinski definition) is 2. The fourth-order valence-corrected chi connectivity index (χ4v) is 2.77. The van der Waals surface area contributed by atoms with Gasteiger partial charge in [0.15, 0.2) is 0 Å². The van der Waals surface area contributed by atoms with E-state index < -0.39 is 11.9 Å². The predicted octanol–water partition coefficient (Wildman–Crippen LogP) is 4.95. The van der Waals surface area contributed by atoms with Crippen molar-refractivity contribution >= 4 is 11.6 Å². The zero-order chi connectivity index (χ0) is 17.8. The molecule has 5 heteroatoms. The van der Waals surface area contributed by atoms with E-state index in [1.807, 2.05) is 49.4 Å². The second kappa shape index (κ2) is 7.83. The van der Waals surface area contributed by atoms with Crippen molar-refractivity contribution in [1.29, 1.82) is 0 Å². The predicted molar refractivity (Wildman–Crippen MR) is 96.8 cm³/mol. The number of benzene rings is 2. The van der Waals surface area contributed by atoms with Crippen LogP contribution in [0.3, 0.4) is 0 Å². The van der Waals surface area contributed by atoms with Crippen LogP contribution in [0.25, 0.3) is 11.3 Å². The third-order valence-electron chi connectivity index (χ3n) is 4.08.